The highest BCUT2D eigenvalue weighted by atomic mass is 16.6. The number of cyclic esters (lactones) is 1. The quantitative estimate of drug-likeness (QED) is 0.751. The number of hydrogen-bond donors (Lipinski definition) is 0. The van der Waals surface area contributed by atoms with E-state index < -0.39 is 0 Å². The summed E-state index contributed by atoms with van der Waals surface area (Å²) in [6.45, 7) is 3.16. The molecule has 0 aliphatic carbocycles. The fourth-order valence-electron chi connectivity index (χ4n) is 1.94. The van der Waals surface area contributed by atoms with Gasteiger partial charge in [-0.25, -0.2) is 0 Å². The molecule has 0 N–H and O–H groups in total. The van der Waals surface area contributed by atoms with E-state index >= 15 is 0 Å². The van der Waals surface area contributed by atoms with E-state index in [2.05, 4.69) is 6.92 Å². The van der Waals surface area contributed by atoms with Crippen LogP contribution < -0.4 is 0 Å². The molecule has 0 radical (unpaired) electrons. The molecule has 92 valence electrons. The van der Waals surface area contributed by atoms with E-state index in [-0.39, 0.29) is 12.1 Å². The van der Waals surface area contributed by atoms with Gasteiger partial charge in [0.1, 0.15) is 6.10 Å². The largest absolute Gasteiger partial charge is 0.460 e. The highest BCUT2D eigenvalue weighted by molar-refractivity contribution is 5.70. The van der Waals surface area contributed by atoms with Gasteiger partial charge in [0.05, 0.1) is 13.2 Å². The molecule has 1 aromatic rings. The minimum Gasteiger partial charge on any atom is -0.460 e. The SMILES string of the molecule is C[C@H]1CCC(=O)O[C@H]1COCc1ccccc1. The lowest BCUT2D eigenvalue weighted by molar-refractivity contribution is -0.162. The Morgan fingerprint density at radius 1 is 1.35 bits per heavy atom. The fourth-order valence-corrected chi connectivity index (χ4v) is 1.94. The minimum absolute atomic E-state index is 0.0834. The second-order valence-corrected chi connectivity index (χ2v) is 4.54. The number of hydrogen-bond acceptors (Lipinski definition) is 3. The van der Waals surface area contributed by atoms with Crippen molar-refractivity contribution < 1.29 is 14.3 Å². The summed E-state index contributed by atoms with van der Waals surface area (Å²) in [7, 11) is 0. The number of esters is 1. The summed E-state index contributed by atoms with van der Waals surface area (Å²) in [5.41, 5.74) is 1.14. The van der Waals surface area contributed by atoms with Gasteiger partial charge < -0.3 is 9.47 Å². The van der Waals surface area contributed by atoms with Gasteiger partial charge in [-0.05, 0) is 17.9 Å². The molecule has 0 bridgehead atoms. The van der Waals surface area contributed by atoms with Crippen LogP contribution in [0, 0.1) is 5.92 Å². The highest BCUT2D eigenvalue weighted by Crippen LogP contribution is 2.21. The van der Waals surface area contributed by atoms with Crippen molar-refractivity contribution in [2.75, 3.05) is 6.61 Å². The van der Waals surface area contributed by atoms with E-state index in [9.17, 15) is 4.79 Å². The van der Waals surface area contributed by atoms with Crippen molar-refractivity contribution in [2.24, 2.45) is 5.92 Å². The molecule has 1 saturated heterocycles. The second-order valence-electron chi connectivity index (χ2n) is 4.54. The molecule has 0 aromatic heterocycles. The molecule has 1 aliphatic rings. The molecule has 1 aliphatic heterocycles. The van der Waals surface area contributed by atoms with Gasteiger partial charge in [0, 0.05) is 6.42 Å². The Morgan fingerprint density at radius 2 is 2.12 bits per heavy atom. The Morgan fingerprint density at radius 3 is 2.88 bits per heavy atom. The lowest BCUT2D eigenvalue weighted by Crippen LogP contribution is -2.34. The first kappa shape index (κ1) is 12.1. The van der Waals surface area contributed by atoms with E-state index in [1.807, 2.05) is 30.3 Å². The van der Waals surface area contributed by atoms with Crippen LogP contribution in [-0.2, 0) is 20.9 Å². The number of ether oxygens (including phenoxy) is 2. The fraction of sp³-hybridized carbons (Fsp3) is 0.500. The summed E-state index contributed by atoms with van der Waals surface area (Å²) in [6.07, 6.45) is 1.36. The van der Waals surface area contributed by atoms with Crippen molar-refractivity contribution in [1.82, 2.24) is 0 Å². The van der Waals surface area contributed by atoms with Gasteiger partial charge in [-0.15, -0.1) is 0 Å². The van der Waals surface area contributed by atoms with Crippen molar-refractivity contribution in [1.29, 1.82) is 0 Å². The van der Waals surface area contributed by atoms with E-state index in [1.54, 1.807) is 0 Å². The highest BCUT2D eigenvalue weighted by Gasteiger charge is 2.27. The third-order valence-corrected chi connectivity index (χ3v) is 3.11. The summed E-state index contributed by atoms with van der Waals surface area (Å²) < 4.78 is 10.9. The first-order valence-corrected chi connectivity index (χ1v) is 6.07. The van der Waals surface area contributed by atoms with Crippen molar-refractivity contribution in [3.8, 4) is 0 Å². The number of rotatable bonds is 4. The van der Waals surface area contributed by atoms with Crippen LogP contribution in [0.4, 0.5) is 0 Å². The lowest BCUT2D eigenvalue weighted by atomic mass is 9.97. The van der Waals surface area contributed by atoms with Crippen molar-refractivity contribution in [2.45, 2.75) is 32.5 Å². The smallest absolute Gasteiger partial charge is 0.306 e. The predicted octanol–water partition coefficient (Wildman–Crippen LogP) is 2.54. The second kappa shape index (κ2) is 5.82. The molecule has 2 atom stereocenters. The van der Waals surface area contributed by atoms with Gasteiger partial charge in [-0.3, -0.25) is 4.79 Å². The van der Waals surface area contributed by atoms with Crippen LogP contribution in [0.5, 0.6) is 0 Å². The molecular formula is C14H18O3. The third kappa shape index (κ3) is 3.56. The van der Waals surface area contributed by atoms with Gasteiger partial charge in [-0.1, -0.05) is 37.3 Å². The van der Waals surface area contributed by atoms with E-state index in [0.29, 0.717) is 25.6 Å². The summed E-state index contributed by atoms with van der Waals surface area (Å²) in [6, 6.07) is 10.0. The molecule has 0 spiro atoms. The Hall–Kier alpha value is -1.35. The van der Waals surface area contributed by atoms with Crippen LogP contribution in [0.25, 0.3) is 0 Å². The zero-order valence-corrected chi connectivity index (χ0v) is 10.1. The monoisotopic (exact) mass is 234 g/mol. The summed E-state index contributed by atoms with van der Waals surface area (Å²) >= 11 is 0. The number of benzene rings is 1. The van der Waals surface area contributed by atoms with E-state index in [4.69, 9.17) is 9.47 Å². The Balaban J connectivity index is 1.76. The normalized spacial score (nSPS) is 24.4. The molecule has 3 nitrogen and oxygen atoms in total. The molecule has 2 rings (SSSR count). The van der Waals surface area contributed by atoms with Crippen LogP contribution in [0.1, 0.15) is 25.3 Å². The number of carbonyl (C=O) groups excluding carboxylic acids is 1. The first-order valence-electron chi connectivity index (χ1n) is 6.07. The number of carbonyl (C=O) groups is 1. The van der Waals surface area contributed by atoms with Gasteiger partial charge >= 0.3 is 5.97 Å². The molecule has 17 heavy (non-hydrogen) atoms. The first-order chi connectivity index (χ1) is 8.25. The molecule has 1 aromatic carbocycles. The van der Waals surface area contributed by atoms with Gasteiger partial charge in [-0.2, -0.15) is 0 Å². The maximum absolute atomic E-state index is 11.2. The van der Waals surface area contributed by atoms with Gasteiger partial charge in [0.15, 0.2) is 0 Å². The summed E-state index contributed by atoms with van der Waals surface area (Å²) in [4.78, 5) is 11.2. The molecule has 1 heterocycles. The van der Waals surface area contributed by atoms with E-state index in [0.717, 1.165) is 12.0 Å². The molecule has 0 unspecified atom stereocenters. The minimum atomic E-state index is -0.101. The van der Waals surface area contributed by atoms with E-state index in [1.165, 1.54) is 0 Å². The molecule has 0 saturated carbocycles. The zero-order chi connectivity index (χ0) is 12.1. The van der Waals surface area contributed by atoms with Crippen LogP contribution in [-0.4, -0.2) is 18.7 Å². The average molecular weight is 234 g/mol. The summed E-state index contributed by atoms with van der Waals surface area (Å²) in [5, 5.41) is 0. The maximum Gasteiger partial charge on any atom is 0.306 e. The van der Waals surface area contributed by atoms with Gasteiger partial charge in [0.25, 0.3) is 0 Å². The lowest BCUT2D eigenvalue weighted by Gasteiger charge is -2.28. The van der Waals surface area contributed by atoms with Crippen molar-refractivity contribution in [3.63, 3.8) is 0 Å². The third-order valence-electron chi connectivity index (χ3n) is 3.11. The maximum atomic E-state index is 11.2. The molecular weight excluding hydrogens is 216 g/mol. The van der Waals surface area contributed by atoms with Gasteiger partial charge in [0.2, 0.25) is 0 Å². The average Bonchev–Trinajstić information content (AvgIpc) is 2.35. The van der Waals surface area contributed by atoms with Crippen LogP contribution in [0.3, 0.4) is 0 Å². The zero-order valence-electron chi connectivity index (χ0n) is 10.1. The summed E-state index contributed by atoms with van der Waals surface area (Å²) in [5.74, 6) is 0.292. The van der Waals surface area contributed by atoms with Crippen molar-refractivity contribution >= 4 is 5.97 Å². The van der Waals surface area contributed by atoms with Crippen LogP contribution in [0.2, 0.25) is 0 Å². The van der Waals surface area contributed by atoms with Crippen molar-refractivity contribution in [3.05, 3.63) is 35.9 Å². The molecule has 3 heteroatoms. The standard InChI is InChI=1S/C14H18O3/c1-11-7-8-14(15)17-13(11)10-16-9-12-5-3-2-4-6-12/h2-6,11,13H,7-10H2,1H3/t11-,13-/m0/s1. The topological polar surface area (TPSA) is 35.5 Å². The predicted molar refractivity (Wildman–Crippen MR) is 64.4 cm³/mol. The van der Waals surface area contributed by atoms with Crippen LogP contribution in [0.15, 0.2) is 30.3 Å². The Labute approximate surface area is 102 Å². The molecule has 1 fully saturated rings. The Bertz CT molecular complexity index is 361. The Kier molecular flexibility index (Phi) is 4.15. The van der Waals surface area contributed by atoms with Crippen LogP contribution >= 0.6 is 0 Å². The molecule has 0 amide bonds.